The van der Waals surface area contributed by atoms with E-state index in [0.717, 1.165) is 10.0 Å². The van der Waals surface area contributed by atoms with Crippen LogP contribution in [0.25, 0.3) is 0 Å². The monoisotopic (exact) mass is 348 g/mol. The van der Waals surface area contributed by atoms with Crippen LogP contribution in [0.4, 0.5) is 0 Å². The van der Waals surface area contributed by atoms with Gasteiger partial charge in [-0.15, -0.1) is 0 Å². The van der Waals surface area contributed by atoms with Gasteiger partial charge in [-0.1, -0.05) is 28.1 Å². The first-order valence-corrected chi connectivity index (χ1v) is 7.44. The molecule has 0 atom stereocenters. The van der Waals surface area contributed by atoms with Gasteiger partial charge in [0.05, 0.1) is 12.2 Å². The van der Waals surface area contributed by atoms with E-state index in [-0.39, 0.29) is 5.78 Å². The first-order valence-electron chi connectivity index (χ1n) is 6.64. The van der Waals surface area contributed by atoms with Crippen molar-refractivity contribution in [3.63, 3.8) is 0 Å². The van der Waals surface area contributed by atoms with Crippen LogP contribution in [0.1, 0.15) is 21.5 Å². The largest absolute Gasteiger partial charge is 0.490 e. The molecule has 0 aliphatic carbocycles. The standard InChI is InChI=1S/C17H17BrO3/c1-12-9-13(11-14(18)10-12)17(19)15-5-3-4-6-16(15)21-8-7-20-2/h3-6,9-11H,7-8H2,1-2H3. The van der Waals surface area contributed by atoms with Crippen LogP contribution < -0.4 is 4.74 Å². The van der Waals surface area contributed by atoms with Gasteiger partial charge in [-0.3, -0.25) is 4.79 Å². The van der Waals surface area contributed by atoms with Crippen molar-refractivity contribution in [3.8, 4) is 5.75 Å². The van der Waals surface area contributed by atoms with Crippen molar-refractivity contribution >= 4 is 21.7 Å². The molecule has 0 unspecified atom stereocenters. The van der Waals surface area contributed by atoms with Crippen LogP contribution in [0, 0.1) is 6.92 Å². The zero-order valence-corrected chi connectivity index (χ0v) is 13.6. The number of benzene rings is 2. The van der Waals surface area contributed by atoms with Crippen LogP contribution in [0.3, 0.4) is 0 Å². The van der Waals surface area contributed by atoms with Gasteiger partial charge in [0.1, 0.15) is 12.4 Å². The smallest absolute Gasteiger partial charge is 0.196 e. The number of aryl methyl sites for hydroxylation is 1. The van der Waals surface area contributed by atoms with Crippen LogP contribution in [0.2, 0.25) is 0 Å². The van der Waals surface area contributed by atoms with Crippen molar-refractivity contribution in [2.75, 3.05) is 20.3 Å². The van der Waals surface area contributed by atoms with Crippen molar-refractivity contribution in [1.82, 2.24) is 0 Å². The molecule has 2 aromatic carbocycles. The van der Waals surface area contributed by atoms with E-state index in [1.54, 1.807) is 19.2 Å². The third kappa shape index (κ3) is 4.16. The molecule has 0 N–H and O–H groups in total. The molecule has 110 valence electrons. The number of hydrogen-bond acceptors (Lipinski definition) is 3. The lowest BCUT2D eigenvalue weighted by molar-refractivity contribution is 0.103. The Labute approximate surface area is 133 Å². The molecule has 0 amide bonds. The fourth-order valence-electron chi connectivity index (χ4n) is 2.04. The van der Waals surface area contributed by atoms with Crippen molar-refractivity contribution in [3.05, 3.63) is 63.6 Å². The molecular formula is C17H17BrO3. The Morgan fingerprint density at radius 2 is 1.90 bits per heavy atom. The van der Waals surface area contributed by atoms with Crippen molar-refractivity contribution in [1.29, 1.82) is 0 Å². The van der Waals surface area contributed by atoms with Crippen LogP contribution in [0.15, 0.2) is 46.9 Å². The molecule has 0 aromatic heterocycles. The third-order valence-electron chi connectivity index (χ3n) is 2.98. The molecule has 0 fully saturated rings. The molecular weight excluding hydrogens is 332 g/mol. The predicted octanol–water partition coefficient (Wildman–Crippen LogP) is 4.01. The summed E-state index contributed by atoms with van der Waals surface area (Å²) >= 11 is 3.42. The second-order valence-electron chi connectivity index (χ2n) is 4.68. The molecule has 2 rings (SSSR count). The Morgan fingerprint density at radius 3 is 2.62 bits per heavy atom. The van der Waals surface area contributed by atoms with E-state index < -0.39 is 0 Å². The third-order valence-corrected chi connectivity index (χ3v) is 3.44. The number of carbonyl (C=O) groups excluding carboxylic acids is 1. The fourth-order valence-corrected chi connectivity index (χ4v) is 2.65. The molecule has 21 heavy (non-hydrogen) atoms. The Balaban J connectivity index is 2.30. The van der Waals surface area contributed by atoms with Crippen molar-refractivity contribution in [2.45, 2.75) is 6.92 Å². The molecule has 4 heteroatoms. The maximum Gasteiger partial charge on any atom is 0.196 e. The molecule has 0 aliphatic heterocycles. The normalized spacial score (nSPS) is 10.4. The van der Waals surface area contributed by atoms with Crippen molar-refractivity contribution < 1.29 is 14.3 Å². The van der Waals surface area contributed by atoms with Crippen LogP contribution >= 0.6 is 15.9 Å². The summed E-state index contributed by atoms with van der Waals surface area (Å²) in [4.78, 5) is 12.7. The number of rotatable bonds is 6. The van der Waals surface area contributed by atoms with E-state index in [1.807, 2.05) is 37.3 Å². The summed E-state index contributed by atoms with van der Waals surface area (Å²) in [7, 11) is 1.62. The zero-order valence-electron chi connectivity index (χ0n) is 12.1. The van der Waals surface area contributed by atoms with Gasteiger partial charge < -0.3 is 9.47 Å². The van der Waals surface area contributed by atoms with Crippen LogP contribution in [-0.4, -0.2) is 26.1 Å². The van der Waals surface area contributed by atoms with Crippen LogP contribution in [-0.2, 0) is 4.74 Å². The number of carbonyl (C=O) groups is 1. The average Bonchev–Trinajstić information content (AvgIpc) is 2.46. The summed E-state index contributed by atoms with van der Waals surface area (Å²) in [5.74, 6) is 0.532. The topological polar surface area (TPSA) is 35.5 Å². The minimum absolute atomic E-state index is 0.0487. The maximum absolute atomic E-state index is 12.7. The summed E-state index contributed by atoms with van der Waals surface area (Å²) in [6.45, 7) is 2.86. The highest BCUT2D eigenvalue weighted by Crippen LogP contribution is 2.24. The predicted molar refractivity (Wildman–Crippen MR) is 86.1 cm³/mol. The molecule has 3 nitrogen and oxygen atoms in total. The lowest BCUT2D eigenvalue weighted by atomic mass is 10.0. The second kappa shape index (κ2) is 7.38. The van der Waals surface area contributed by atoms with Gasteiger partial charge in [-0.2, -0.15) is 0 Å². The first kappa shape index (κ1) is 15.7. The van der Waals surface area contributed by atoms with Crippen LogP contribution in [0.5, 0.6) is 5.75 Å². The molecule has 0 spiro atoms. The molecule has 0 saturated heterocycles. The van der Waals surface area contributed by atoms with Gasteiger partial charge in [-0.25, -0.2) is 0 Å². The number of halogens is 1. The number of ether oxygens (including phenoxy) is 2. The highest BCUT2D eigenvalue weighted by molar-refractivity contribution is 9.10. The molecule has 0 radical (unpaired) electrons. The average molecular weight is 349 g/mol. The molecule has 0 saturated carbocycles. The summed E-state index contributed by atoms with van der Waals surface area (Å²) in [6.07, 6.45) is 0. The number of methoxy groups -OCH3 is 1. The molecule has 2 aromatic rings. The van der Waals surface area contributed by atoms with Gasteiger partial charge in [0.25, 0.3) is 0 Å². The second-order valence-corrected chi connectivity index (χ2v) is 5.60. The van der Waals surface area contributed by atoms with Gasteiger partial charge in [-0.05, 0) is 42.8 Å². The first-order chi connectivity index (χ1) is 10.1. The number of para-hydroxylation sites is 1. The van der Waals surface area contributed by atoms with E-state index in [1.165, 1.54) is 0 Å². The Kier molecular flexibility index (Phi) is 5.53. The highest BCUT2D eigenvalue weighted by atomic mass is 79.9. The molecule has 0 bridgehead atoms. The van der Waals surface area contributed by atoms with Gasteiger partial charge in [0, 0.05) is 17.1 Å². The van der Waals surface area contributed by atoms with Gasteiger partial charge in [0.15, 0.2) is 5.78 Å². The van der Waals surface area contributed by atoms with Gasteiger partial charge in [0.2, 0.25) is 0 Å². The molecule has 0 heterocycles. The lowest BCUT2D eigenvalue weighted by Gasteiger charge is -2.11. The minimum Gasteiger partial charge on any atom is -0.490 e. The number of ketones is 1. The van der Waals surface area contributed by atoms with E-state index in [2.05, 4.69) is 15.9 Å². The zero-order chi connectivity index (χ0) is 15.2. The quantitative estimate of drug-likeness (QED) is 0.584. The Bertz CT molecular complexity index is 617. The van der Waals surface area contributed by atoms with E-state index in [4.69, 9.17) is 9.47 Å². The summed E-state index contributed by atoms with van der Waals surface area (Å²) in [6, 6.07) is 12.9. The minimum atomic E-state index is -0.0487. The maximum atomic E-state index is 12.7. The summed E-state index contributed by atoms with van der Waals surface area (Å²) in [5, 5.41) is 0. The van der Waals surface area contributed by atoms with E-state index in [0.29, 0.717) is 30.1 Å². The fraction of sp³-hybridized carbons (Fsp3) is 0.235. The summed E-state index contributed by atoms with van der Waals surface area (Å²) in [5.41, 5.74) is 2.24. The molecule has 0 aliphatic rings. The van der Waals surface area contributed by atoms with E-state index >= 15 is 0 Å². The Hall–Kier alpha value is -1.65. The van der Waals surface area contributed by atoms with Crippen molar-refractivity contribution in [2.24, 2.45) is 0 Å². The summed E-state index contributed by atoms with van der Waals surface area (Å²) < 4.78 is 11.5. The number of hydrogen-bond donors (Lipinski definition) is 0. The SMILES string of the molecule is COCCOc1ccccc1C(=O)c1cc(C)cc(Br)c1. The Morgan fingerprint density at radius 1 is 1.14 bits per heavy atom. The highest BCUT2D eigenvalue weighted by Gasteiger charge is 2.15. The van der Waals surface area contributed by atoms with Gasteiger partial charge >= 0.3 is 0 Å². The lowest BCUT2D eigenvalue weighted by Crippen LogP contribution is -2.09. The van der Waals surface area contributed by atoms with E-state index in [9.17, 15) is 4.79 Å².